The van der Waals surface area contributed by atoms with Crippen molar-refractivity contribution >= 4 is 33.2 Å². The van der Waals surface area contributed by atoms with Crippen LogP contribution in [0.15, 0.2) is 22.4 Å². The minimum atomic E-state index is -0.113. The van der Waals surface area contributed by atoms with Crippen molar-refractivity contribution in [2.45, 2.75) is 11.1 Å². The van der Waals surface area contributed by atoms with Crippen LogP contribution in [0.1, 0.15) is 5.56 Å². The molecule has 2 rings (SSSR count). The molecule has 0 saturated heterocycles. The molecule has 1 aromatic carbocycles. The summed E-state index contributed by atoms with van der Waals surface area (Å²) in [6.07, 6.45) is 2.04. The molecule has 1 aromatic heterocycles. The summed E-state index contributed by atoms with van der Waals surface area (Å²) in [5, 5.41) is 1.05. The van der Waals surface area contributed by atoms with E-state index in [1.165, 1.54) is 15.0 Å². The van der Waals surface area contributed by atoms with Crippen LogP contribution in [-0.4, -0.2) is 6.26 Å². The summed E-state index contributed by atoms with van der Waals surface area (Å²) in [6.45, 7) is 1.83. The summed E-state index contributed by atoms with van der Waals surface area (Å²) in [4.78, 5) is 0. The van der Waals surface area contributed by atoms with Crippen LogP contribution in [0.4, 0.5) is 4.39 Å². The van der Waals surface area contributed by atoms with Crippen molar-refractivity contribution in [1.29, 1.82) is 0 Å². The molecule has 0 spiro atoms. The highest BCUT2D eigenvalue weighted by molar-refractivity contribution is 8.00. The fourth-order valence-electron chi connectivity index (χ4n) is 1.30. The average molecular weight is 212 g/mol. The number of rotatable bonds is 1. The summed E-state index contributed by atoms with van der Waals surface area (Å²) in [5.74, 6) is -0.113. The first-order chi connectivity index (χ1) is 6.22. The van der Waals surface area contributed by atoms with Gasteiger partial charge in [-0.2, -0.15) is 0 Å². The third-order valence-corrected chi connectivity index (χ3v) is 4.25. The van der Waals surface area contributed by atoms with Gasteiger partial charge in [0.25, 0.3) is 0 Å². The summed E-state index contributed by atoms with van der Waals surface area (Å²) < 4.78 is 15.6. The number of aryl methyl sites for hydroxylation is 1. The molecule has 3 heteroatoms. The van der Waals surface area contributed by atoms with Crippen molar-refractivity contribution in [3.63, 3.8) is 0 Å². The Balaban J connectivity index is 2.76. The quantitative estimate of drug-likeness (QED) is 0.642. The Labute approximate surface area is 84.8 Å². The lowest BCUT2D eigenvalue weighted by Crippen LogP contribution is -1.79. The van der Waals surface area contributed by atoms with E-state index in [1.54, 1.807) is 23.1 Å². The fraction of sp³-hybridized carbons (Fsp3) is 0.200. The van der Waals surface area contributed by atoms with Crippen LogP contribution in [0.5, 0.6) is 0 Å². The molecule has 1 heterocycles. The second-order valence-electron chi connectivity index (χ2n) is 2.85. The first-order valence-electron chi connectivity index (χ1n) is 3.95. The highest BCUT2D eigenvalue weighted by Gasteiger charge is 2.06. The van der Waals surface area contributed by atoms with Gasteiger partial charge in [0.05, 0.1) is 4.21 Å². The molecular formula is C10H9FS2. The largest absolute Gasteiger partial charge is 0.207 e. The van der Waals surface area contributed by atoms with Crippen LogP contribution in [0, 0.1) is 12.7 Å². The van der Waals surface area contributed by atoms with Gasteiger partial charge in [-0.3, -0.25) is 0 Å². The summed E-state index contributed by atoms with van der Waals surface area (Å²) in [6, 6.07) is 5.45. The Morgan fingerprint density at radius 1 is 1.38 bits per heavy atom. The van der Waals surface area contributed by atoms with Crippen molar-refractivity contribution in [3.05, 3.63) is 29.6 Å². The van der Waals surface area contributed by atoms with E-state index in [0.29, 0.717) is 0 Å². The minimum absolute atomic E-state index is 0.113. The van der Waals surface area contributed by atoms with Crippen molar-refractivity contribution in [3.8, 4) is 0 Å². The van der Waals surface area contributed by atoms with Gasteiger partial charge >= 0.3 is 0 Å². The third-order valence-electron chi connectivity index (χ3n) is 2.08. The molecule has 0 bridgehead atoms. The van der Waals surface area contributed by atoms with E-state index in [1.807, 2.05) is 19.2 Å². The maximum Gasteiger partial charge on any atom is 0.126 e. The first kappa shape index (κ1) is 9.03. The molecular weight excluding hydrogens is 203 g/mol. The van der Waals surface area contributed by atoms with Gasteiger partial charge in [0, 0.05) is 4.70 Å². The number of thiophene rings is 1. The van der Waals surface area contributed by atoms with Gasteiger partial charge < -0.3 is 0 Å². The monoisotopic (exact) mass is 212 g/mol. The van der Waals surface area contributed by atoms with Gasteiger partial charge in [-0.15, -0.1) is 23.1 Å². The van der Waals surface area contributed by atoms with Crippen LogP contribution in [0.25, 0.3) is 10.1 Å². The van der Waals surface area contributed by atoms with E-state index < -0.39 is 0 Å². The van der Waals surface area contributed by atoms with Crippen molar-refractivity contribution in [2.24, 2.45) is 0 Å². The molecule has 0 radical (unpaired) electrons. The predicted molar refractivity (Wildman–Crippen MR) is 58.3 cm³/mol. The topological polar surface area (TPSA) is 0 Å². The normalized spacial score (nSPS) is 11.0. The van der Waals surface area contributed by atoms with Gasteiger partial charge in [0.2, 0.25) is 0 Å². The maximum atomic E-state index is 13.2. The Morgan fingerprint density at radius 2 is 2.15 bits per heavy atom. The van der Waals surface area contributed by atoms with E-state index in [4.69, 9.17) is 0 Å². The predicted octanol–water partition coefficient (Wildman–Crippen LogP) is 4.07. The van der Waals surface area contributed by atoms with Crippen molar-refractivity contribution in [2.75, 3.05) is 6.26 Å². The van der Waals surface area contributed by atoms with Crippen LogP contribution in [0.3, 0.4) is 0 Å². The number of hydrogen-bond acceptors (Lipinski definition) is 2. The molecule has 0 atom stereocenters. The van der Waals surface area contributed by atoms with E-state index in [9.17, 15) is 4.39 Å². The molecule has 13 heavy (non-hydrogen) atoms. The Morgan fingerprint density at radius 3 is 2.85 bits per heavy atom. The van der Waals surface area contributed by atoms with Crippen molar-refractivity contribution < 1.29 is 4.39 Å². The highest BCUT2D eigenvalue weighted by Crippen LogP contribution is 2.33. The highest BCUT2D eigenvalue weighted by atomic mass is 32.2. The Kier molecular flexibility index (Phi) is 2.30. The molecule has 0 unspecified atom stereocenters. The van der Waals surface area contributed by atoms with Crippen LogP contribution in [-0.2, 0) is 0 Å². The standard InChI is InChI=1S/C10H9FS2/c1-6-7-5-10(12-2)13-9(7)4-3-8(6)11/h3-5H,1-2H3. The lowest BCUT2D eigenvalue weighted by atomic mass is 10.1. The molecule has 0 fully saturated rings. The smallest absolute Gasteiger partial charge is 0.126 e. The van der Waals surface area contributed by atoms with Gasteiger partial charge in [-0.25, -0.2) is 4.39 Å². The van der Waals surface area contributed by atoms with Crippen LogP contribution in [0.2, 0.25) is 0 Å². The van der Waals surface area contributed by atoms with Crippen molar-refractivity contribution in [1.82, 2.24) is 0 Å². The Hall–Kier alpha value is -0.540. The molecule has 0 N–H and O–H groups in total. The number of hydrogen-bond donors (Lipinski definition) is 0. The third kappa shape index (κ3) is 1.46. The average Bonchev–Trinajstić information content (AvgIpc) is 2.55. The SMILES string of the molecule is CSc1cc2c(C)c(F)ccc2s1. The van der Waals surface area contributed by atoms with Gasteiger partial charge in [-0.1, -0.05) is 0 Å². The molecule has 0 aliphatic heterocycles. The maximum absolute atomic E-state index is 13.2. The summed E-state index contributed by atoms with van der Waals surface area (Å²) >= 11 is 3.42. The van der Waals surface area contributed by atoms with E-state index in [2.05, 4.69) is 6.07 Å². The molecule has 68 valence electrons. The Bertz CT molecular complexity index is 445. The summed E-state index contributed by atoms with van der Waals surface area (Å²) in [5.41, 5.74) is 0.758. The zero-order chi connectivity index (χ0) is 9.42. The zero-order valence-electron chi connectivity index (χ0n) is 7.43. The van der Waals surface area contributed by atoms with Crippen LogP contribution < -0.4 is 0 Å². The fourth-order valence-corrected chi connectivity index (χ4v) is 2.99. The number of benzene rings is 1. The zero-order valence-corrected chi connectivity index (χ0v) is 9.06. The minimum Gasteiger partial charge on any atom is -0.207 e. The lowest BCUT2D eigenvalue weighted by molar-refractivity contribution is 0.621. The number of thioether (sulfide) groups is 1. The summed E-state index contributed by atoms with van der Waals surface area (Å²) in [7, 11) is 0. The van der Waals surface area contributed by atoms with E-state index in [-0.39, 0.29) is 5.82 Å². The number of halogens is 1. The molecule has 0 aliphatic carbocycles. The molecule has 0 aliphatic rings. The second kappa shape index (κ2) is 3.31. The lowest BCUT2D eigenvalue weighted by Gasteiger charge is -1.95. The van der Waals surface area contributed by atoms with E-state index in [0.717, 1.165) is 10.9 Å². The van der Waals surface area contributed by atoms with Crippen LogP contribution >= 0.6 is 23.1 Å². The van der Waals surface area contributed by atoms with Gasteiger partial charge in [0.15, 0.2) is 0 Å². The van der Waals surface area contributed by atoms with Gasteiger partial charge in [-0.05, 0) is 42.3 Å². The molecule has 0 amide bonds. The molecule has 2 aromatic rings. The van der Waals surface area contributed by atoms with Gasteiger partial charge in [0.1, 0.15) is 5.82 Å². The molecule has 0 nitrogen and oxygen atoms in total. The second-order valence-corrected chi connectivity index (χ2v) is 5.04. The van der Waals surface area contributed by atoms with E-state index >= 15 is 0 Å². The molecule has 0 saturated carbocycles. The number of fused-ring (bicyclic) bond motifs is 1. The first-order valence-corrected chi connectivity index (χ1v) is 5.99.